The molecule has 3 nitrogen and oxygen atoms in total. The lowest BCUT2D eigenvalue weighted by molar-refractivity contribution is -0.115. The molecule has 0 aliphatic heterocycles. The van der Waals surface area contributed by atoms with Crippen LogP contribution in [-0.2, 0) is 4.79 Å². The smallest absolute Gasteiger partial charge is 0.238 e. The lowest BCUT2D eigenvalue weighted by Gasteiger charge is -2.11. The Morgan fingerprint density at radius 2 is 2.06 bits per heavy atom. The maximum atomic E-state index is 11.8. The van der Waals surface area contributed by atoms with Gasteiger partial charge in [0.05, 0.1) is 6.54 Å². The molecule has 1 aromatic carbocycles. The van der Waals surface area contributed by atoms with Crippen LogP contribution in [0.1, 0.15) is 24.8 Å². The summed E-state index contributed by atoms with van der Waals surface area (Å²) in [7, 11) is 0. The summed E-state index contributed by atoms with van der Waals surface area (Å²) in [6.45, 7) is -2.16. The zero-order valence-electron chi connectivity index (χ0n) is 14.3. The normalized spacial score (nSPS) is 15.8. The summed E-state index contributed by atoms with van der Waals surface area (Å²) in [6, 6.07) is 5.56. The maximum absolute atomic E-state index is 11.8. The van der Waals surface area contributed by atoms with E-state index in [0.29, 0.717) is 5.69 Å². The number of amides is 1. The average molecular weight is 248 g/mol. The molecule has 0 spiro atoms. The second kappa shape index (κ2) is 7.25. The lowest BCUT2D eigenvalue weighted by Crippen LogP contribution is -2.28. The van der Waals surface area contributed by atoms with Crippen LogP contribution in [0.5, 0.6) is 0 Å². The van der Waals surface area contributed by atoms with Crippen LogP contribution in [-0.4, -0.2) is 18.9 Å². The average Bonchev–Trinajstić information content (AvgIpc) is 2.30. The van der Waals surface area contributed by atoms with Gasteiger partial charge in [0.1, 0.15) is 0 Å². The molecule has 0 saturated carbocycles. The zero-order valence-corrected chi connectivity index (χ0v) is 10.1. The molecule has 0 aliphatic rings. The van der Waals surface area contributed by atoms with E-state index in [2.05, 4.69) is 10.6 Å². The minimum absolute atomic E-state index is 0. The molecule has 1 aromatic rings. The van der Waals surface area contributed by atoms with E-state index < -0.39 is 25.8 Å². The van der Waals surface area contributed by atoms with Crippen LogP contribution >= 0.6 is 12.4 Å². The molecule has 0 aliphatic carbocycles. The Labute approximate surface area is 110 Å². The first-order chi connectivity index (χ1) is 9.04. The summed E-state index contributed by atoms with van der Waals surface area (Å²) in [5, 5.41) is 4.77. The van der Waals surface area contributed by atoms with Gasteiger partial charge in [0.15, 0.2) is 0 Å². The summed E-state index contributed by atoms with van der Waals surface area (Å²) in [5.74, 6) is -0.490. The summed E-state index contributed by atoms with van der Waals surface area (Å²) < 4.78 is 35.8. The molecule has 0 atom stereocenters. The predicted molar refractivity (Wildman–Crippen MR) is 70.3 cm³/mol. The van der Waals surface area contributed by atoms with Crippen molar-refractivity contribution < 1.29 is 11.6 Å². The van der Waals surface area contributed by atoms with Crippen molar-refractivity contribution in [2.75, 3.05) is 18.4 Å². The molecule has 0 fully saturated rings. The Kier molecular flexibility index (Phi) is 3.67. The third-order valence-corrected chi connectivity index (χ3v) is 2.08. The van der Waals surface area contributed by atoms with Crippen molar-refractivity contribution in [3.05, 3.63) is 29.3 Å². The standard InChI is InChI=1S/C12H18N2O.ClH/c1-4-13-8-11(15)14-12-9(2)6-5-7-10(12)3;/h5-7,13H,4,8H2,1-3H3,(H,14,15);1H/i1D3,4D2;. The van der Waals surface area contributed by atoms with E-state index in [9.17, 15) is 4.79 Å². The predicted octanol–water partition coefficient (Wildman–Crippen LogP) is 2.27. The van der Waals surface area contributed by atoms with Gasteiger partial charge >= 0.3 is 0 Å². The van der Waals surface area contributed by atoms with E-state index in [1.165, 1.54) is 0 Å². The fourth-order valence-electron chi connectivity index (χ4n) is 1.32. The number of para-hydroxylation sites is 1. The van der Waals surface area contributed by atoms with Crippen LogP contribution < -0.4 is 10.6 Å². The number of aryl methyl sites for hydroxylation is 2. The van der Waals surface area contributed by atoms with Crippen molar-refractivity contribution >= 4 is 24.0 Å². The van der Waals surface area contributed by atoms with Crippen molar-refractivity contribution in [1.29, 1.82) is 0 Å². The van der Waals surface area contributed by atoms with E-state index in [4.69, 9.17) is 6.85 Å². The van der Waals surface area contributed by atoms with Crippen molar-refractivity contribution in [2.24, 2.45) is 0 Å². The molecule has 2 N–H and O–H groups in total. The van der Waals surface area contributed by atoms with Crippen LogP contribution in [0.25, 0.3) is 0 Å². The number of anilines is 1. The molecular formula is C12H19ClN2O. The molecule has 0 heterocycles. The van der Waals surface area contributed by atoms with Gasteiger partial charge < -0.3 is 10.6 Å². The van der Waals surface area contributed by atoms with Gasteiger partial charge in [0.25, 0.3) is 0 Å². The molecule has 1 rings (SSSR count). The topological polar surface area (TPSA) is 41.1 Å². The number of carbonyl (C=O) groups excluding carboxylic acids is 1. The van der Waals surface area contributed by atoms with E-state index in [-0.39, 0.29) is 12.4 Å². The highest BCUT2D eigenvalue weighted by atomic mass is 35.5. The minimum Gasteiger partial charge on any atom is -0.324 e. The van der Waals surface area contributed by atoms with Crippen LogP contribution in [0.3, 0.4) is 0 Å². The van der Waals surface area contributed by atoms with Crippen molar-refractivity contribution in [3.63, 3.8) is 0 Å². The van der Waals surface area contributed by atoms with Gasteiger partial charge in [-0.2, -0.15) is 0 Å². The SMILES string of the molecule is Cl.[2H]C([2H])([2H])C([2H])([2H])NCC(=O)Nc1c(C)cccc1C. The Balaban J connectivity index is 0.00000400. The first kappa shape index (κ1) is 8.09. The number of carbonyl (C=O) groups is 1. The Morgan fingerprint density at radius 1 is 1.44 bits per heavy atom. The molecular weight excluding hydrogens is 224 g/mol. The third kappa shape index (κ3) is 4.21. The fourth-order valence-corrected chi connectivity index (χ4v) is 1.32. The van der Waals surface area contributed by atoms with Crippen molar-refractivity contribution in [2.45, 2.75) is 20.7 Å². The number of likely N-dealkylation sites (N-methyl/N-ethyl adjacent to an activating group) is 1. The molecule has 0 unspecified atom stereocenters. The highest BCUT2D eigenvalue weighted by Crippen LogP contribution is 2.18. The fraction of sp³-hybridized carbons (Fsp3) is 0.417. The highest BCUT2D eigenvalue weighted by molar-refractivity contribution is 5.93. The van der Waals surface area contributed by atoms with Gasteiger partial charge in [-0.15, -0.1) is 12.4 Å². The largest absolute Gasteiger partial charge is 0.324 e. The Morgan fingerprint density at radius 3 is 2.62 bits per heavy atom. The van der Waals surface area contributed by atoms with Gasteiger partial charge in [-0.1, -0.05) is 25.1 Å². The quantitative estimate of drug-likeness (QED) is 0.857. The van der Waals surface area contributed by atoms with Crippen LogP contribution in [0.4, 0.5) is 5.69 Å². The van der Waals surface area contributed by atoms with Crippen LogP contribution in [0.15, 0.2) is 18.2 Å². The second-order valence-corrected chi connectivity index (χ2v) is 3.29. The minimum atomic E-state index is -2.83. The summed E-state index contributed by atoms with van der Waals surface area (Å²) in [6.07, 6.45) is 0. The molecule has 16 heavy (non-hydrogen) atoms. The van der Waals surface area contributed by atoms with Gasteiger partial charge in [0.2, 0.25) is 5.91 Å². The molecule has 90 valence electrons. The van der Waals surface area contributed by atoms with Gasteiger partial charge in [0, 0.05) is 12.5 Å². The van der Waals surface area contributed by atoms with E-state index in [1.807, 2.05) is 32.0 Å². The molecule has 0 saturated heterocycles. The monoisotopic (exact) mass is 247 g/mol. The van der Waals surface area contributed by atoms with Gasteiger partial charge in [-0.05, 0) is 31.5 Å². The molecule has 0 aromatic heterocycles. The number of halogens is 1. The lowest BCUT2D eigenvalue weighted by atomic mass is 10.1. The summed E-state index contributed by atoms with van der Waals surface area (Å²) >= 11 is 0. The van der Waals surface area contributed by atoms with Gasteiger partial charge in [-0.25, -0.2) is 0 Å². The number of hydrogen-bond donors (Lipinski definition) is 2. The maximum Gasteiger partial charge on any atom is 0.238 e. The number of rotatable bonds is 4. The van der Waals surface area contributed by atoms with Crippen LogP contribution in [0.2, 0.25) is 0 Å². The third-order valence-electron chi connectivity index (χ3n) is 2.08. The number of benzene rings is 1. The summed E-state index contributed by atoms with van der Waals surface area (Å²) in [5.41, 5.74) is 2.43. The highest BCUT2D eigenvalue weighted by Gasteiger charge is 2.05. The molecule has 0 radical (unpaired) electrons. The molecule has 1 amide bonds. The van der Waals surface area contributed by atoms with E-state index in [0.717, 1.165) is 11.1 Å². The Hall–Kier alpha value is -1.06. The first-order valence-electron chi connectivity index (χ1n) is 7.16. The molecule has 4 heteroatoms. The van der Waals surface area contributed by atoms with E-state index in [1.54, 1.807) is 0 Å². The van der Waals surface area contributed by atoms with Crippen LogP contribution in [0, 0.1) is 13.8 Å². The number of hydrogen-bond acceptors (Lipinski definition) is 2. The summed E-state index contributed by atoms with van der Waals surface area (Å²) in [4.78, 5) is 11.8. The second-order valence-electron chi connectivity index (χ2n) is 3.29. The van der Waals surface area contributed by atoms with E-state index >= 15 is 0 Å². The number of nitrogens with one attached hydrogen (secondary N) is 2. The Bertz CT molecular complexity index is 485. The van der Waals surface area contributed by atoms with Crippen molar-refractivity contribution in [3.8, 4) is 0 Å². The first-order valence-corrected chi connectivity index (χ1v) is 4.66. The zero-order chi connectivity index (χ0) is 15.6. The van der Waals surface area contributed by atoms with Crippen molar-refractivity contribution in [1.82, 2.24) is 5.32 Å². The van der Waals surface area contributed by atoms with Gasteiger partial charge in [-0.3, -0.25) is 4.79 Å². The molecule has 0 bridgehead atoms.